The van der Waals surface area contributed by atoms with E-state index in [0.29, 0.717) is 12.4 Å². The van der Waals surface area contributed by atoms with Gasteiger partial charge in [0, 0.05) is 6.54 Å². The minimum absolute atomic E-state index is 0.0639. The maximum absolute atomic E-state index is 10.9. The highest BCUT2D eigenvalue weighted by atomic mass is 16.6. The Balaban J connectivity index is 1.80. The number of hydrogen-bond donors (Lipinski definition) is 0. The molecule has 1 heterocycles. The molecule has 6 heteroatoms. The predicted octanol–water partition coefficient (Wildman–Crippen LogP) is 2.86. The molecule has 0 spiro atoms. The number of nitrogens with zero attached hydrogens (tertiary/aromatic N) is 2. The lowest BCUT2D eigenvalue weighted by Gasteiger charge is -2.26. The second-order valence-corrected chi connectivity index (χ2v) is 5.20. The van der Waals surface area contributed by atoms with Crippen LogP contribution in [0.5, 0.6) is 11.5 Å². The van der Waals surface area contributed by atoms with Gasteiger partial charge in [-0.2, -0.15) is 0 Å². The number of rotatable bonds is 7. The zero-order valence-electron chi connectivity index (χ0n) is 12.4. The van der Waals surface area contributed by atoms with Gasteiger partial charge in [0.1, 0.15) is 5.75 Å². The number of nitro groups is 1. The van der Waals surface area contributed by atoms with Crippen LogP contribution in [0.3, 0.4) is 0 Å². The van der Waals surface area contributed by atoms with Crippen LogP contribution in [0.4, 0.5) is 5.69 Å². The highest BCUT2D eigenvalue weighted by molar-refractivity contribution is 5.50. The molecule has 6 nitrogen and oxygen atoms in total. The van der Waals surface area contributed by atoms with Crippen molar-refractivity contribution in [3.63, 3.8) is 0 Å². The molecule has 2 rings (SSSR count). The minimum atomic E-state index is -0.459. The van der Waals surface area contributed by atoms with Gasteiger partial charge in [-0.05, 0) is 44.5 Å². The third kappa shape index (κ3) is 4.60. The van der Waals surface area contributed by atoms with Gasteiger partial charge in [0.25, 0.3) is 0 Å². The number of methoxy groups -OCH3 is 1. The van der Waals surface area contributed by atoms with E-state index in [9.17, 15) is 10.1 Å². The van der Waals surface area contributed by atoms with Gasteiger partial charge in [0.2, 0.25) is 0 Å². The molecule has 0 aromatic heterocycles. The molecule has 116 valence electrons. The Hall–Kier alpha value is -1.82. The van der Waals surface area contributed by atoms with Gasteiger partial charge < -0.3 is 14.4 Å². The van der Waals surface area contributed by atoms with Crippen LogP contribution in [-0.2, 0) is 0 Å². The molecule has 0 unspecified atom stereocenters. The lowest BCUT2D eigenvalue weighted by molar-refractivity contribution is -0.385. The predicted molar refractivity (Wildman–Crippen MR) is 80.1 cm³/mol. The fourth-order valence-electron chi connectivity index (χ4n) is 2.56. The van der Waals surface area contributed by atoms with Crippen molar-refractivity contribution in [1.82, 2.24) is 4.90 Å². The fraction of sp³-hybridized carbons (Fsp3) is 0.600. The molecule has 0 amide bonds. The zero-order valence-corrected chi connectivity index (χ0v) is 12.4. The van der Waals surface area contributed by atoms with Gasteiger partial charge in [0.05, 0.1) is 24.7 Å². The van der Waals surface area contributed by atoms with Crippen LogP contribution in [0.1, 0.15) is 25.7 Å². The number of likely N-dealkylation sites (tertiary alicyclic amines) is 1. The number of ether oxygens (including phenoxy) is 2. The van der Waals surface area contributed by atoms with Crippen molar-refractivity contribution < 1.29 is 14.4 Å². The van der Waals surface area contributed by atoms with E-state index in [4.69, 9.17) is 9.47 Å². The van der Waals surface area contributed by atoms with Crippen LogP contribution in [0.2, 0.25) is 0 Å². The average Bonchev–Trinajstić information content (AvgIpc) is 2.52. The molecular formula is C15H22N2O4. The Labute approximate surface area is 124 Å². The molecule has 0 atom stereocenters. The summed E-state index contributed by atoms with van der Waals surface area (Å²) in [7, 11) is 1.42. The minimum Gasteiger partial charge on any atom is -0.493 e. The summed E-state index contributed by atoms with van der Waals surface area (Å²) in [6.07, 6.45) is 4.83. The van der Waals surface area contributed by atoms with Crippen molar-refractivity contribution in [2.24, 2.45) is 0 Å². The molecule has 0 saturated carbocycles. The summed E-state index contributed by atoms with van der Waals surface area (Å²) in [4.78, 5) is 12.9. The summed E-state index contributed by atoms with van der Waals surface area (Å²) >= 11 is 0. The van der Waals surface area contributed by atoms with E-state index in [0.717, 1.165) is 13.0 Å². The number of hydrogen-bond acceptors (Lipinski definition) is 5. The molecular weight excluding hydrogens is 272 g/mol. The van der Waals surface area contributed by atoms with Gasteiger partial charge in [-0.1, -0.05) is 6.42 Å². The van der Waals surface area contributed by atoms with E-state index in [2.05, 4.69) is 4.90 Å². The summed E-state index contributed by atoms with van der Waals surface area (Å²) in [6.45, 7) is 3.94. The van der Waals surface area contributed by atoms with E-state index < -0.39 is 4.92 Å². The summed E-state index contributed by atoms with van der Waals surface area (Å²) in [6, 6.07) is 4.69. The molecule has 1 fully saturated rings. The van der Waals surface area contributed by atoms with E-state index in [1.54, 1.807) is 12.1 Å². The Kier molecular flexibility index (Phi) is 5.80. The number of benzene rings is 1. The first kappa shape index (κ1) is 15.6. The largest absolute Gasteiger partial charge is 0.493 e. The van der Waals surface area contributed by atoms with E-state index in [-0.39, 0.29) is 11.4 Å². The van der Waals surface area contributed by atoms with Crippen LogP contribution in [-0.4, -0.2) is 43.2 Å². The summed E-state index contributed by atoms with van der Waals surface area (Å²) < 4.78 is 10.6. The van der Waals surface area contributed by atoms with Gasteiger partial charge >= 0.3 is 5.69 Å². The molecule has 1 aliphatic rings. The molecule has 0 bridgehead atoms. The number of nitro benzene ring substituents is 1. The highest BCUT2D eigenvalue weighted by Crippen LogP contribution is 2.30. The molecule has 1 aromatic rings. The SMILES string of the molecule is COc1ccc(OCCCN2CCCCC2)cc1[N+](=O)[O-]. The first-order chi connectivity index (χ1) is 10.2. The lowest BCUT2D eigenvalue weighted by atomic mass is 10.1. The first-order valence-corrected chi connectivity index (χ1v) is 7.38. The molecule has 1 aliphatic heterocycles. The summed E-state index contributed by atoms with van der Waals surface area (Å²) in [5.41, 5.74) is -0.0639. The quantitative estimate of drug-likeness (QED) is 0.439. The Morgan fingerprint density at radius 2 is 2.05 bits per heavy atom. The lowest BCUT2D eigenvalue weighted by Crippen LogP contribution is -2.31. The molecule has 1 saturated heterocycles. The van der Waals surface area contributed by atoms with E-state index >= 15 is 0 Å². The molecule has 1 aromatic carbocycles. The van der Waals surface area contributed by atoms with Crippen molar-refractivity contribution in [3.05, 3.63) is 28.3 Å². The second-order valence-electron chi connectivity index (χ2n) is 5.20. The van der Waals surface area contributed by atoms with Crippen LogP contribution >= 0.6 is 0 Å². The standard InChI is InChI=1S/C15H22N2O4/c1-20-15-7-6-13(12-14(15)17(18)19)21-11-5-10-16-8-3-2-4-9-16/h6-7,12H,2-5,8-11H2,1H3. The van der Waals surface area contributed by atoms with Crippen molar-refractivity contribution in [1.29, 1.82) is 0 Å². The van der Waals surface area contributed by atoms with Gasteiger partial charge in [-0.25, -0.2) is 0 Å². The Bertz CT molecular complexity index is 473. The van der Waals surface area contributed by atoms with Crippen molar-refractivity contribution in [2.75, 3.05) is 33.4 Å². The van der Waals surface area contributed by atoms with Gasteiger partial charge in [0.15, 0.2) is 5.75 Å². The highest BCUT2D eigenvalue weighted by Gasteiger charge is 2.15. The summed E-state index contributed by atoms with van der Waals surface area (Å²) in [5, 5.41) is 10.9. The van der Waals surface area contributed by atoms with Crippen LogP contribution < -0.4 is 9.47 Å². The van der Waals surface area contributed by atoms with Gasteiger partial charge in [-0.15, -0.1) is 0 Å². The third-order valence-electron chi connectivity index (χ3n) is 3.68. The molecule has 0 N–H and O–H groups in total. The topological polar surface area (TPSA) is 64.8 Å². The van der Waals surface area contributed by atoms with Crippen LogP contribution in [0.15, 0.2) is 18.2 Å². The van der Waals surface area contributed by atoms with Crippen molar-refractivity contribution in [2.45, 2.75) is 25.7 Å². The Morgan fingerprint density at radius 1 is 1.29 bits per heavy atom. The normalized spacial score (nSPS) is 15.7. The van der Waals surface area contributed by atoms with E-state index in [1.807, 2.05) is 0 Å². The molecule has 0 aliphatic carbocycles. The Morgan fingerprint density at radius 3 is 2.71 bits per heavy atom. The van der Waals surface area contributed by atoms with Crippen LogP contribution in [0, 0.1) is 10.1 Å². The fourth-order valence-corrected chi connectivity index (χ4v) is 2.56. The van der Waals surface area contributed by atoms with Crippen molar-refractivity contribution >= 4 is 5.69 Å². The average molecular weight is 294 g/mol. The maximum Gasteiger partial charge on any atom is 0.314 e. The van der Waals surface area contributed by atoms with Gasteiger partial charge in [-0.3, -0.25) is 10.1 Å². The van der Waals surface area contributed by atoms with E-state index in [1.165, 1.54) is 45.5 Å². The van der Waals surface area contributed by atoms with Crippen LogP contribution in [0.25, 0.3) is 0 Å². The summed E-state index contributed by atoms with van der Waals surface area (Å²) in [5.74, 6) is 0.766. The molecule has 21 heavy (non-hydrogen) atoms. The first-order valence-electron chi connectivity index (χ1n) is 7.38. The third-order valence-corrected chi connectivity index (χ3v) is 3.68. The maximum atomic E-state index is 10.9. The monoisotopic (exact) mass is 294 g/mol. The second kappa shape index (κ2) is 7.83. The smallest absolute Gasteiger partial charge is 0.314 e. The molecule has 0 radical (unpaired) electrons. The number of piperidine rings is 1. The zero-order chi connectivity index (χ0) is 15.1. The van der Waals surface area contributed by atoms with Crippen molar-refractivity contribution in [3.8, 4) is 11.5 Å².